The molecule has 0 bridgehead atoms. The third-order valence-electron chi connectivity index (χ3n) is 1.43. The number of aromatic nitrogens is 4. The smallest absolute Gasteiger partial charge is 0.211 e. The highest BCUT2D eigenvalue weighted by Crippen LogP contribution is 1.82. The highest BCUT2D eigenvalue weighted by molar-refractivity contribution is 7.89. The molecule has 1 N–H and O–H groups in total. The number of hydrogen-bond acceptors (Lipinski definition) is 5. The summed E-state index contributed by atoms with van der Waals surface area (Å²) < 4.78 is 25.8. The maximum absolute atomic E-state index is 11.0. The summed E-state index contributed by atoms with van der Waals surface area (Å²) in [7, 11) is -3.10. The Morgan fingerprint density at radius 2 is 2.31 bits per heavy atom. The summed E-state index contributed by atoms with van der Waals surface area (Å²) in [5.41, 5.74) is 0. The second-order valence-corrected chi connectivity index (χ2v) is 4.47. The molecule has 0 amide bonds. The zero-order valence-electron chi connectivity index (χ0n) is 7.21. The summed E-state index contributed by atoms with van der Waals surface area (Å²) in [6.07, 6.45) is 1.43. The van der Waals surface area contributed by atoms with Crippen LogP contribution in [0.2, 0.25) is 0 Å². The van der Waals surface area contributed by atoms with E-state index in [1.807, 2.05) is 0 Å². The van der Waals surface area contributed by atoms with Crippen molar-refractivity contribution in [3.8, 4) is 0 Å². The van der Waals surface area contributed by atoms with Gasteiger partial charge in [0, 0.05) is 6.54 Å². The first-order valence-corrected chi connectivity index (χ1v) is 5.47. The van der Waals surface area contributed by atoms with Gasteiger partial charge in [-0.15, -0.1) is 5.10 Å². The monoisotopic (exact) mass is 205 g/mol. The zero-order chi connectivity index (χ0) is 9.73. The molecule has 0 spiro atoms. The van der Waals surface area contributed by atoms with Gasteiger partial charge in [-0.25, -0.2) is 17.8 Å². The van der Waals surface area contributed by atoms with E-state index >= 15 is 0 Å². The predicted octanol–water partition coefficient (Wildman–Crippen LogP) is -1.39. The topological polar surface area (TPSA) is 89.8 Å². The number of nitrogens with one attached hydrogen (secondary N) is 1. The van der Waals surface area contributed by atoms with Gasteiger partial charge in [-0.05, 0) is 17.4 Å². The number of rotatable bonds is 5. The van der Waals surface area contributed by atoms with Gasteiger partial charge in [-0.1, -0.05) is 0 Å². The molecule has 7 nitrogen and oxygen atoms in total. The largest absolute Gasteiger partial charge is 0.231 e. The minimum Gasteiger partial charge on any atom is -0.231 e. The van der Waals surface area contributed by atoms with Crippen molar-refractivity contribution in [2.24, 2.45) is 0 Å². The lowest BCUT2D eigenvalue weighted by molar-refractivity contribution is 0.553. The van der Waals surface area contributed by atoms with E-state index in [4.69, 9.17) is 0 Å². The standard InChI is InChI=1S/C5H11N5O2S/c1-2-13(11,12)7-3-4-10-5-6-8-9-10/h5,7H,2-4H2,1H3. The molecule has 0 radical (unpaired) electrons. The molecule has 0 atom stereocenters. The van der Waals surface area contributed by atoms with Crippen LogP contribution in [0, 0.1) is 0 Å². The molecule has 0 aliphatic heterocycles. The van der Waals surface area contributed by atoms with Gasteiger partial charge in [0.15, 0.2) is 0 Å². The Labute approximate surface area is 76.2 Å². The van der Waals surface area contributed by atoms with Crippen molar-refractivity contribution in [1.29, 1.82) is 0 Å². The van der Waals surface area contributed by atoms with E-state index in [9.17, 15) is 8.42 Å². The normalized spacial score (nSPS) is 11.8. The first-order chi connectivity index (χ1) is 6.14. The van der Waals surface area contributed by atoms with Crippen molar-refractivity contribution < 1.29 is 8.42 Å². The Morgan fingerprint density at radius 3 is 2.85 bits per heavy atom. The lowest BCUT2D eigenvalue weighted by Crippen LogP contribution is -2.28. The Morgan fingerprint density at radius 1 is 1.54 bits per heavy atom. The number of sulfonamides is 1. The summed E-state index contributed by atoms with van der Waals surface area (Å²) in [5, 5.41) is 10.4. The maximum Gasteiger partial charge on any atom is 0.211 e. The second kappa shape index (κ2) is 4.28. The maximum atomic E-state index is 11.0. The van der Waals surface area contributed by atoms with Gasteiger partial charge < -0.3 is 0 Å². The van der Waals surface area contributed by atoms with Crippen molar-refractivity contribution in [1.82, 2.24) is 24.9 Å². The van der Waals surface area contributed by atoms with Crippen LogP contribution in [0.5, 0.6) is 0 Å². The summed E-state index contributed by atoms with van der Waals surface area (Å²) in [5.74, 6) is 0.0859. The van der Waals surface area contributed by atoms with E-state index in [0.29, 0.717) is 13.1 Å². The Balaban J connectivity index is 2.30. The molecule has 0 aromatic carbocycles. The molecular weight excluding hydrogens is 194 g/mol. The second-order valence-electron chi connectivity index (χ2n) is 2.37. The van der Waals surface area contributed by atoms with Gasteiger partial charge in [-0.2, -0.15) is 0 Å². The molecule has 1 aromatic rings. The number of nitrogens with zero attached hydrogens (tertiary/aromatic N) is 4. The lowest BCUT2D eigenvalue weighted by Gasteiger charge is -2.02. The van der Waals surface area contributed by atoms with E-state index < -0.39 is 10.0 Å². The fourth-order valence-corrected chi connectivity index (χ4v) is 1.31. The average Bonchev–Trinajstić information content (AvgIpc) is 2.57. The van der Waals surface area contributed by atoms with E-state index in [2.05, 4.69) is 20.2 Å². The molecule has 1 rings (SSSR count). The van der Waals surface area contributed by atoms with Gasteiger partial charge in [-0.3, -0.25) is 0 Å². The van der Waals surface area contributed by atoms with Crippen LogP contribution >= 0.6 is 0 Å². The quantitative estimate of drug-likeness (QED) is 0.639. The highest BCUT2D eigenvalue weighted by Gasteiger charge is 2.04. The molecule has 0 unspecified atom stereocenters. The van der Waals surface area contributed by atoms with E-state index in [-0.39, 0.29) is 5.75 Å². The van der Waals surface area contributed by atoms with Crippen molar-refractivity contribution >= 4 is 10.0 Å². The van der Waals surface area contributed by atoms with Crippen LogP contribution in [-0.4, -0.2) is 40.9 Å². The molecule has 0 saturated heterocycles. The summed E-state index contributed by atoms with van der Waals surface area (Å²) in [6.45, 7) is 2.33. The van der Waals surface area contributed by atoms with E-state index in [0.717, 1.165) is 0 Å². The van der Waals surface area contributed by atoms with Gasteiger partial charge in [0.2, 0.25) is 10.0 Å². The van der Waals surface area contributed by atoms with Crippen LogP contribution in [0.3, 0.4) is 0 Å². The van der Waals surface area contributed by atoms with Crippen molar-refractivity contribution in [2.75, 3.05) is 12.3 Å². The summed E-state index contributed by atoms with van der Waals surface area (Å²) in [4.78, 5) is 0. The zero-order valence-corrected chi connectivity index (χ0v) is 8.03. The third-order valence-corrected chi connectivity index (χ3v) is 2.84. The molecule has 8 heteroatoms. The summed E-state index contributed by atoms with van der Waals surface area (Å²) in [6, 6.07) is 0. The molecule has 0 aliphatic rings. The van der Waals surface area contributed by atoms with Crippen molar-refractivity contribution in [3.63, 3.8) is 0 Å². The Hall–Kier alpha value is -1.02. The molecule has 13 heavy (non-hydrogen) atoms. The fourth-order valence-electron chi connectivity index (χ4n) is 0.700. The fraction of sp³-hybridized carbons (Fsp3) is 0.800. The van der Waals surface area contributed by atoms with Crippen LogP contribution in [-0.2, 0) is 16.6 Å². The molecule has 0 fully saturated rings. The van der Waals surface area contributed by atoms with Gasteiger partial charge >= 0.3 is 0 Å². The average molecular weight is 205 g/mol. The predicted molar refractivity (Wildman–Crippen MR) is 45.3 cm³/mol. The molecule has 0 aliphatic carbocycles. The first kappa shape index (κ1) is 10.1. The van der Waals surface area contributed by atoms with Crippen LogP contribution in [0.1, 0.15) is 6.92 Å². The Kier molecular flexibility index (Phi) is 3.32. The molecule has 1 aromatic heterocycles. The number of tetrazole rings is 1. The lowest BCUT2D eigenvalue weighted by atomic mass is 10.7. The molecule has 0 saturated carbocycles. The van der Waals surface area contributed by atoms with Gasteiger partial charge in [0.1, 0.15) is 6.33 Å². The van der Waals surface area contributed by atoms with Crippen LogP contribution in [0.25, 0.3) is 0 Å². The Bertz CT molecular complexity index is 332. The third kappa shape index (κ3) is 3.47. The minimum absolute atomic E-state index is 0.0859. The van der Waals surface area contributed by atoms with Crippen LogP contribution < -0.4 is 4.72 Å². The number of hydrogen-bond donors (Lipinski definition) is 1. The van der Waals surface area contributed by atoms with Crippen LogP contribution in [0.15, 0.2) is 6.33 Å². The first-order valence-electron chi connectivity index (χ1n) is 3.82. The molecule has 1 heterocycles. The molecule has 74 valence electrons. The van der Waals surface area contributed by atoms with Crippen molar-refractivity contribution in [2.45, 2.75) is 13.5 Å². The van der Waals surface area contributed by atoms with E-state index in [1.54, 1.807) is 6.92 Å². The SMILES string of the molecule is CCS(=O)(=O)NCCn1cnnn1. The van der Waals surface area contributed by atoms with E-state index in [1.165, 1.54) is 11.0 Å². The van der Waals surface area contributed by atoms with Gasteiger partial charge in [0.05, 0.1) is 12.3 Å². The minimum atomic E-state index is -3.10. The summed E-state index contributed by atoms with van der Waals surface area (Å²) >= 11 is 0. The van der Waals surface area contributed by atoms with Crippen LogP contribution in [0.4, 0.5) is 0 Å². The molecular formula is C5H11N5O2S. The van der Waals surface area contributed by atoms with Crippen molar-refractivity contribution in [3.05, 3.63) is 6.33 Å². The highest BCUT2D eigenvalue weighted by atomic mass is 32.2. The van der Waals surface area contributed by atoms with Gasteiger partial charge in [0.25, 0.3) is 0 Å².